The van der Waals surface area contributed by atoms with Crippen LogP contribution in [-0.2, 0) is 4.79 Å². The highest BCUT2D eigenvalue weighted by molar-refractivity contribution is 5.97. The van der Waals surface area contributed by atoms with E-state index < -0.39 is 18.0 Å². The number of carbonyl (C=O) groups is 2. The predicted octanol–water partition coefficient (Wildman–Crippen LogP) is 1.06. The summed E-state index contributed by atoms with van der Waals surface area (Å²) in [6.45, 7) is 3.68. The lowest BCUT2D eigenvalue weighted by Crippen LogP contribution is -2.43. The van der Waals surface area contributed by atoms with E-state index in [1.165, 1.54) is 0 Å². The maximum atomic E-state index is 11.6. The van der Waals surface area contributed by atoms with Gasteiger partial charge in [-0.2, -0.15) is 0 Å². The van der Waals surface area contributed by atoms with Crippen molar-refractivity contribution in [3.05, 3.63) is 23.8 Å². The topological polar surface area (TPSA) is 87.5 Å². The molecular weight excluding hydrogens is 244 g/mol. The van der Waals surface area contributed by atoms with Crippen molar-refractivity contribution in [2.45, 2.75) is 19.9 Å². The Morgan fingerprint density at radius 2 is 1.95 bits per heavy atom. The number of imide groups is 1. The summed E-state index contributed by atoms with van der Waals surface area (Å²) in [5.41, 5.74) is 7.92. The molecule has 1 rings (SSSR count). The first-order valence-corrected chi connectivity index (χ1v) is 5.96. The van der Waals surface area contributed by atoms with Gasteiger partial charge in [-0.25, -0.2) is 4.79 Å². The quantitative estimate of drug-likeness (QED) is 0.758. The fourth-order valence-electron chi connectivity index (χ4n) is 1.73. The molecule has 0 aliphatic carbocycles. The van der Waals surface area contributed by atoms with E-state index in [9.17, 15) is 9.59 Å². The van der Waals surface area contributed by atoms with Gasteiger partial charge in [-0.05, 0) is 31.5 Å². The molecule has 0 bridgehead atoms. The van der Waals surface area contributed by atoms with E-state index in [0.717, 1.165) is 16.9 Å². The first-order valence-electron chi connectivity index (χ1n) is 5.96. The minimum atomic E-state index is -0.850. The minimum Gasteiger partial charge on any atom is -0.377 e. The van der Waals surface area contributed by atoms with E-state index in [4.69, 9.17) is 5.73 Å². The lowest BCUT2D eigenvalue weighted by Gasteiger charge is -2.19. The third-order valence-electron chi connectivity index (χ3n) is 2.71. The van der Waals surface area contributed by atoms with Gasteiger partial charge >= 0.3 is 6.03 Å². The lowest BCUT2D eigenvalue weighted by molar-refractivity contribution is -0.120. The highest BCUT2D eigenvalue weighted by Gasteiger charge is 2.14. The first kappa shape index (κ1) is 14.8. The normalized spacial score (nSPS) is 11.6. The molecular formula is C13H20N4O2. The average Bonchev–Trinajstić information content (AvgIpc) is 2.30. The van der Waals surface area contributed by atoms with E-state index >= 15 is 0 Å². The van der Waals surface area contributed by atoms with Crippen molar-refractivity contribution in [2.75, 3.05) is 24.3 Å². The largest absolute Gasteiger partial charge is 0.377 e. The third-order valence-corrected chi connectivity index (χ3v) is 2.71. The lowest BCUT2D eigenvalue weighted by atomic mass is 10.1. The van der Waals surface area contributed by atoms with Crippen LogP contribution in [0.3, 0.4) is 0 Å². The zero-order chi connectivity index (χ0) is 14.6. The maximum absolute atomic E-state index is 11.6. The number of nitrogens with one attached hydrogen (secondary N) is 2. The van der Waals surface area contributed by atoms with Crippen molar-refractivity contribution >= 4 is 23.3 Å². The number of primary amides is 1. The van der Waals surface area contributed by atoms with E-state index in [1.807, 2.05) is 49.4 Å². The van der Waals surface area contributed by atoms with E-state index in [1.54, 1.807) is 6.92 Å². The highest BCUT2D eigenvalue weighted by atomic mass is 16.2. The Kier molecular flexibility index (Phi) is 4.74. The number of nitrogens with two attached hydrogens (primary N) is 1. The molecule has 6 nitrogen and oxygen atoms in total. The number of carbonyl (C=O) groups excluding carboxylic acids is 2. The van der Waals surface area contributed by atoms with Crippen molar-refractivity contribution in [2.24, 2.45) is 5.73 Å². The van der Waals surface area contributed by atoms with Gasteiger partial charge in [-0.1, -0.05) is 6.07 Å². The molecule has 0 fully saturated rings. The number of aryl methyl sites for hydroxylation is 1. The molecule has 19 heavy (non-hydrogen) atoms. The Bertz CT molecular complexity index is 486. The van der Waals surface area contributed by atoms with Gasteiger partial charge in [0.1, 0.15) is 6.04 Å². The van der Waals surface area contributed by atoms with Gasteiger partial charge in [0, 0.05) is 25.5 Å². The standard InChI is InChI=1S/C13H20N4O2/c1-8-5-6-10(7-11(8)17(3)4)15-9(2)12(18)16-13(14)19/h5-7,9,15H,1-4H3,(H3,14,16,18,19). The van der Waals surface area contributed by atoms with Crippen molar-refractivity contribution in [3.8, 4) is 0 Å². The van der Waals surface area contributed by atoms with Gasteiger partial charge in [0.15, 0.2) is 0 Å². The average molecular weight is 264 g/mol. The summed E-state index contributed by atoms with van der Waals surface area (Å²) < 4.78 is 0. The first-order chi connectivity index (χ1) is 8.81. The summed E-state index contributed by atoms with van der Waals surface area (Å²) in [6.07, 6.45) is 0. The van der Waals surface area contributed by atoms with Gasteiger partial charge in [-0.3, -0.25) is 10.1 Å². The Morgan fingerprint density at radius 3 is 2.47 bits per heavy atom. The summed E-state index contributed by atoms with van der Waals surface area (Å²) in [5.74, 6) is -0.459. The molecule has 0 heterocycles. The van der Waals surface area contributed by atoms with Crippen LogP contribution in [0, 0.1) is 6.92 Å². The monoisotopic (exact) mass is 264 g/mol. The Morgan fingerprint density at radius 1 is 1.32 bits per heavy atom. The number of rotatable bonds is 4. The predicted molar refractivity (Wildman–Crippen MR) is 76.3 cm³/mol. The van der Waals surface area contributed by atoms with Crippen molar-refractivity contribution in [3.63, 3.8) is 0 Å². The van der Waals surface area contributed by atoms with E-state index in [-0.39, 0.29) is 0 Å². The molecule has 1 unspecified atom stereocenters. The Labute approximate surface area is 113 Å². The molecule has 4 N–H and O–H groups in total. The second-order valence-electron chi connectivity index (χ2n) is 4.62. The van der Waals surface area contributed by atoms with Crippen LogP contribution in [0.15, 0.2) is 18.2 Å². The number of urea groups is 1. The SMILES string of the molecule is Cc1ccc(NC(C)C(=O)NC(N)=O)cc1N(C)C. The molecule has 6 heteroatoms. The highest BCUT2D eigenvalue weighted by Crippen LogP contribution is 2.22. The number of hydrogen-bond donors (Lipinski definition) is 3. The molecule has 1 aromatic carbocycles. The molecule has 0 aromatic heterocycles. The Hall–Kier alpha value is -2.24. The van der Waals surface area contributed by atoms with Crippen LogP contribution in [0.2, 0.25) is 0 Å². The summed E-state index contributed by atoms with van der Waals surface area (Å²) in [5, 5.41) is 5.06. The van der Waals surface area contributed by atoms with Crippen molar-refractivity contribution < 1.29 is 9.59 Å². The number of anilines is 2. The van der Waals surface area contributed by atoms with Gasteiger partial charge in [0.25, 0.3) is 0 Å². The zero-order valence-corrected chi connectivity index (χ0v) is 11.7. The third kappa shape index (κ3) is 4.17. The van der Waals surface area contributed by atoms with Crippen LogP contribution >= 0.6 is 0 Å². The number of nitrogens with zero attached hydrogens (tertiary/aromatic N) is 1. The second-order valence-corrected chi connectivity index (χ2v) is 4.62. The molecule has 0 spiro atoms. The molecule has 3 amide bonds. The second kappa shape index (κ2) is 6.08. The molecule has 0 saturated carbocycles. The van der Waals surface area contributed by atoms with Crippen LogP contribution < -0.4 is 21.3 Å². The Balaban J connectivity index is 2.80. The van der Waals surface area contributed by atoms with Crippen LogP contribution in [-0.4, -0.2) is 32.1 Å². The molecule has 0 saturated heterocycles. The van der Waals surface area contributed by atoms with E-state index in [2.05, 4.69) is 5.32 Å². The van der Waals surface area contributed by atoms with Crippen LogP contribution in [0.25, 0.3) is 0 Å². The molecule has 1 aromatic rings. The zero-order valence-electron chi connectivity index (χ0n) is 11.7. The summed E-state index contributed by atoms with van der Waals surface area (Å²) in [7, 11) is 3.91. The number of amides is 3. The van der Waals surface area contributed by atoms with Crippen molar-refractivity contribution in [1.82, 2.24) is 5.32 Å². The molecule has 0 aliphatic rings. The van der Waals surface area contributed by atoms with Gasteiger partial charge in [0.2, 0.25) is 5.91 Å². The summed E-state index contributed by atoms with van der Waals surface area (Å²) in [4.78, 5) is 24.2. The molecule has 0 aliphatic heterocycles. The fourth-order valence-corrected chi connectivity index (χ4v) is 1.73. The maximum Gasteiger partial charge on any atom is 0.318 e. The van der Waals surface area contributed by atoms with E-state index in [0.29, 0.717) is 0 Å². The molecule has 0 radical (unpaired) electrons. The van der Waals surface area contributed by atoms with Crippen LogP contribution in [0.4, 0.5) is 16.2 Å². The minimum absolute atomic E-state index is 0.459. The van der Waals surface area contributed by atoms with Crippen molar-refractivity contribution in [1.29, 1.82) is 0 Å². The molecule has 1 atom stereocenters. The van der Waals surface area contributed by atoms with Gasteiger partial charge in [-0.15, -0.1) is 0 Å². The van der Waals surface area contributed by atoms with Gasteiger partial charge < -0.3 is 16.0 Å². The summed E-state index contributed by atoms with van der Waals surface area (Å²) >= 11 is 0. The van der Waals surface area contributed by atoms with Crippen LogP contribution in [0.5, 0.6) is 0 Å². The summed E-state index contributed by atoms with van der Waals surface area (Å²) in [6, 6.07) is 4.40. The van der Waals surface area contributed by atoms with Crippen LogP contribution in [0.1, 0.15) is 12.5 Å². The number of hydrogen-bond acceptors (Lipinski definition) is 4. The fraction of sp³-hybridized carbons (Fsp3) is 0.385. The molecule has 104 valence electrons. The van der Waals surface area contributed by atoms with Gasteiger partial charge in [0.05, 0.1) is 0 Å². The smallest absolute Gasteiger partial charge is 0.318 e. The number of benzene rings is 1.